The monoisotopic (exact) mass is 391 g/mol. The summed E-state index contributed by atoms with van der Waals surface area (Å²) < 4.78 is 11.7. The minimum atomic E-state index is 0.00494. The Morgan fingerprint density at radius 3 is 2.55 bits per heavy atom. The maximum Gasteiger partial charge on any atom is 0.260 e. The number of piperidine rings is 1. The number of aryl methyl sites for hydroxylation is 2. The molecule has 1 fully saturated rings. The fourth-order valence-electron chi connectivity index (χ4n) is 3.63. The molecule has 2 aromatic carbocycles. The predicted octanol–water partition coefficient (Wildman–Crippen LogP) is 3.70. The number of amides is 1. The number of rotatable bonds is 5. The summed E-state index contributed by atoms with van der Waals surface area (Å²) in [6.07, 6.45) is 1.63. The van der Waals surface area contributed by atoms with Crippen molar-refractivity contribution in [3.63, 3.8) is 0 Å². The molecule has 6 heteroatoms. The zero-order chi connectivity index (χ0) is 20.2. The van der Waals surface area contributed by atoms with Crippen LogP contribution < -0.4 is 9.47 Å². The molecule has 0 spiro atoms. The number of fused-ring (bicyclic) bond motifs is 1. The maximum absolute atomic E-state index is 12.5. The molecule has 0 radical (unpaired) electrons. The number of nitrogens with zero attached hydrogens (tertiary/aromatic N) is 3. The third-order valence-electron chi connectivity index (χ3n) is 5.11. The Hall–Kier alpha value is -3.15. The van der Waals surface area contributed by atoms with E-state index in [4.69, 9.17) is 9.47 Å². The van der Waals surface area contributed by atoms with Crippen LogP contribution in [0.5, 0.6) is 11.6 Å². The summed E-state index contributed by atoms with van der Waals surface area (Å²) >= 11 is 0. The summed E-state index contributed by atoms with van der Waals surface area (Å²) in [5.41, 5.74) is 0.894. The van der Waals surface area contributed by atoms with Crippen LogP contribution in [0.25, 0.3) is 10.8 Å². The summed E-state index contributed by atoms with van der Waals surface area (Å²) in [5, 5.41) is 2.26. The van der Waals surface area contributed by atoms with Crippen LogP contribution in [0.3, 0.4) is 0 Å². The number of ether oxygens (including phenoxy) is 2. The largest absolute Gasteiger partial charge is 0.484 e. The molecule has 4 rings (SSSR count). The highest BCUT2D eigenvalue weighted by molar-refractivity contribution is 5.84. The van der Waals surface area contributed by atoms with E-state index in [0.29, 0.717) is 30.5 Å². The van der Waals surface area contributed by atoms with Crippen LogP contribution in [0.4, 0.5) is 0 Å². The number of hydrogen-bond acceptors (Lipinski definition) is 5. The second-order valence-electron chi connectivity index (χ2n) is 7.39. The average molecular weight is 391 g/mol. The third-order valence-corrected chi connectivity index (χ3v) is 5.11. The second kappa shape index (κ2) is 8.47. The topological polar surface area (TPSA) is 64.5 Å². The highest BCUT2D eigenvalue weighted by atomic mass is 16.5. The normalized spacial score (nSPS) is 14.8. The quantitative estimate of drug-likeness (QED) is 0.664. The van der Waals surface area contributed by atoms with Crippen LogP contribution >= 0.6 is 0 Å². The maximum atomic E-state index is 12.5. The second-order valence-corrected chi connectivity index (χ2v) is 7.39. The SMILES string of the molecule is Cc1cc(OC2CCN(C(=O)COc3ccc4ccccc4c3)CC2)nc(C)n1. The highest BCUT2D eigenvalue weighted by Crippen LogP contribution is 2.21. The van der Waals surface area contributed by atoms with Gasteiger partial charge in [-0.3, -0.25) is 4.79 Å². The van der Waals surface area contributed by atoms with Gasteiger partial charge in [-0.05, 0) is 36.8 Å². The molecule has 6 nitrogen and oxygen atoms in total. The van der Waals surface area contributed by atoms with Crippen molar-refractivity contribution in [2.45, 2.75) is 32.8 Å². The number of carbonyl (C=O) groups is 1. The Kier molecular flexibility index (Phi) is 5.60. The summed E-state index contributed by atoms with van der Waals surface area (Å²) in [5.74, 6) is 2.04. The van der Waals surface area contributed by atoms with Crippen molar-refractivity contribution in [1.29, 1.82) is 0 Å². The Labute approximate surface area is 170 Å². The molecule has 1 amide bonds. The summed E-state index contributed by atoms with van der Waals surface area (Å²) in [7, 11) is 0. The lowest BCUT2D eigenvalue weighted by Crippen LogP contribution is -2.43. The van der Waals surface area contributed by atoms with E-state index in [2.05, 4.69) is 16.0 Å². The minimum absolute atomic E-state index is 0.00494. The third kappa shape index (κ3) is 4.83. The molecule has 1 aliphatic rings. The molecule has 29 heavy (non-hydrogen) atoms. The van der Waals surface area contributed by atoms with Crippen LogP contribution in [0.15, 0.2) is 48.5 Å². The van der Waals surface area contributed by atoms with Gasteiger partial charge in [0.25, 0.3) is 5.91 Å². The van der Waals surface area contributed by atoms with E-state index in [1.165, 1.54) is 0 Å². The molecule has 0 aliphatic carbocycles. The van der Waals surface area contributed by atoms with Gasteiger partial charge >= 0.3 is 0 Å². The molecule has 1 saturated heterocycles. The van der Waals surface area contributed by atoms with Crippen LogP contribution in [0, 0.1) is 13.8 Å². The van der Waals surface area contributed by atoms with Gasteiger partial charge in [0.05, 0.1) is 0 Å². The molecule has 1 aromatic heterocycles. The van der Waals surface area contributed by atoms with Crippen LogP contribution in [-0.4, -0.2) is 46.6 Å². The lowest BCUT2D eigenvalue weighted by Gasteiger charge is -2.32. The Bertz CT molecular complexity index is 993. The zero-order valence-corrected chi connectivity index (χ0v) is 16.8. The van der Waals surface area contributed by atoms with Gasteiger partial charge in [0.2, 0.25) is 5.88 Å². The van der Waals surface area contributed by atoms with E-state index in [9.17, 15) is 4.79 Å². The number of benzene rings is 2. The Morgan fingerprint density at radius 1 is 1.03 bits per heavy atom. The van der Waals surface area contributed by atoms with E-state index in [0.717, 1.165) is 29.3 Å². The number of likely N-dealkylation sites (tertiary alicyclic amines) is 1. The van der Waals surface area contributed by atoms with E-state index >= 15 is 0 Å². The summed E-state index contributed by atoms with van der Waals surface area (Å²) in [6, 6.07) is 15.8. The lowest BCUT2D eigenvalue weighted by atomic mass is 10.1. The van der Waals surface area contributed by atoms with Crippen LogP contribution in [0.2, 0.25) is 0 Å². The van der Waals surface area contributed by atoms with E-state index in [1.807, 2.05) is 61.2 Å². The number of carbonyl (C=O) groups excluding carboxylic acids is 1. The summed E-state index contributed by atoms with van der Waals surface area (Å²) in [4.78, 5) is 23.0. The van der Waals surface area contributed by atoms with Gasteiger partial charge in [0.15, 0.2) is 6.61 Å². The predicted molar refractivity (Wildman–Crippen MR) is 111 cm³/mol. The van der Waals surface area contributed by atoms with Gasteiger partial charge in [0.1, 0.15) is 17.7 Å². The first-order valence-electron chi connectivity index (χ1n) is 9.95. The molecular formula is C23H25N3O3. The molecule has 0 atom stereocenters. The van der Waals surface area contributed by atoms with Crippen molar-refractivity contribution < 1.29 is 14.3 Å². The van der Waals surface area contributed by atoms with Crippen molar-refractivity contribution in [2.75, 3.05) is 19.7 Å². The van der Waals surface area contributed by atoms with Gasteiger partial charge in [-0.1, -0.05) is 30.3 Å². The van der Waals surface area contributed by atoms with Gasteiger partial charge in [0, 0.05) is 37.7 Å². The Morgan fingerprint density at radius 2 is 1.79 bits per heavy atom. The molecule has 3 aromatic rings. The van der Waals surface area contributed by atoms with Crippen molar-refractivity contribution in [3.05, 3.63) is 60.0 Å². The van der Waals surface area contributed by atoms with Gasteiger partial charge in [-0.2, -0.15) is 4.98 Å². The van der Waals surface area contributed by atoms with E-state index in [1.54, 1.807) is 0 Å². The molecule has 150 valence electrons. The van der Waals surface area contributed by atoms with Crippen LogP contribution in [-0.2, 0) is 4.79 Å². The minimum Gasteiger partial charge on any atom is -0.484 e. The molecule has 1 aliphatic heterocycles. The molecule has 0 saturated carbocycles. The van der Waals surface area contributed by atoms with Gasteiger partial charge in [-0.25, -0.2) is 4.98 Å². The standard InChI is InChI=1S/C23H25N3O3/c1-16-13-22(25-17(2)24-16)29-20-9-11-26(12-10-20)23(27)15-28-21-8-7-18-5-3-4-6-19(18)14-21/h3-8,13-14,20H,9-12,15H2,1-2H3. The molecule has 0 unspecified atom stereocenters. The zero-order valence-electron chi connectivity index (χ0n) is 16.8. The first kappa shape index (κ1) is 19.2. The van der Waals surface area contributed by atoms with E-state index < -0.39 is 0 Å². The number of aromatic nitrogens is 2. The molecular weight excluding hydrogens is 366 g/mol. The average Bonchev–Trinajstić information content (AvgIpc) is 2.71. The molecule has 0 bridgehead atoms. The smallest absolute Gasteiger partial charge is 0.260 e. The molecule has 0 N–H and O–H groups in total. The van der Waals surface area contributed by atoms with Gasteiger partial charge in [-0.15, -0.1) is 0 Å². The molecule has 2 heterocycles. The fourth-order valence-corrected chi connectivity index (χ4v) is 3.63. The summed E-state index contributed by atoms with van der Waals surface area (Å²) in [6.45, 7) is 5.16. The first-order valence-corrected chi connectivity index (χ1v) is 9.95. The highest BCUT2D eigenvalue weighted by Gasteiger charge is 2.24. The van der Waals surface area contributed by atoms with Crippen molar-refractivity contribution in [2.24, 2.45) is 0 Å². The van der Waals surface area contributed by atoms with Crippen molar-refractivity contribution in [1.82, 2.24) is 14.9 Å². The van der Waals surface area contributed by atoms with Crippen molar-refractivity contribution in [3.8, 4) is 11.6 Å². The lowest BCUT2D eigenvalue weighted by molar-refractivity contribution is -0.135. The van der Waals surface area contributed by atoms with Crippen LogP contribution in [0.1, 0.15) is 24.4 Å². The first-order chi connectivity index (χ1) is 14.1. The number of hydrogen-bond donors (Lipinski definition) is 0. The van der Waals surface area contributed by atoms with E-state index in [-0.39, 0.29) is 18.6 Å². The van der Waals surface area contributed by atoms with Gasteiger partial charge < -0.3 is 14.4 Å². The Balaban J connectivity index is 1.27. The fraction of sp³-hybridized carbons (Fsp3) is 0.348. The van der Waals surface area contributed by atoms with Crippen molar-refractivity contribution >= 4 is 16.7 Å².